The van der Waals surface area contributed by atoms with Crippen LogP contribution in [-0.2, 0) is 16.1 Å². The van der Waals surface area contributed by atoms with Crippen molar-refractivity contribution >= 4 is 34.7 Å². The van der Waals surface area contributed by atoms with Crippen molar-refractivity contribution in [1.82, 2.24) is 9.88 Å². The van der Waals surface area contributed by atoms with Crippen molar-refractivity contribution < 1.29 is 14.3 Å². The van der Waals surface area contributed by atoms with Crippen LogP contribution < -0.4 is 10.1 Å². The zero-order valence-electron chi connectivity index (χ0n) is 17.1. The Morgan fingerprint density at radius 1 is 1.03 bits per heavy atom. The number of hydrogen-bond donors (Lipinski definition) is 1. The van der Waals surface area contributed by atoms with Gasteiger partial charge < -0.3 is 10.1 Å². The first-order chi connectivity index (χ1) is 15.0. The van der Waals surface area contributed by atoms with E-state index < -0.39 is 5.91 Å². The number of ether oxygens (including phenoxy) is 1. The van der Waals surface area contributed by atoms with E-state index in [1.165, 1.54) is 4.90 Å². The van der Waals surface area contributed by atoms with Crippen molar-refractivity contribution in [3.8, 4) is 5.75 Å². The van der Waals surface area contributed by atoms with E-state index in [0.717, 1.165) is 11.1 Å². The number of hydrogen-bond acceptors (Lipinski definition) is 5. The molecule has 0 fully saturated rings. The standard InChI is InChI=1S/C24H20ClN3O3/c1-15-19(25)6-3-7-20(15)27-22-21(17-8-10-18(31-2)11-9-17)23(29)28(24(22)30)14-16-5-4-12-26-13-16/h3-13,27H,14H2,1-2H3. The molecule has 0 aliphatic carbocycles. The lowest BCUT2D eigenvalue weighted by Gasteiger charge is -2.15. The highest BCUT2D eigenvalue weighted by Gasteiger charge is 2.39. The highest BCUT2D eigenvalue weighted by atomic mass is 35.5. The summed E-state index contributed by atoms with van der Waals surface area (Å²) in [5, 5.41) is 3.73. The molecule has 2 heterocycles. The molecule has 0 unspecified atom stereocenters. The Morgan fingerprint density at radius 2 is 1.81 bits per heavy atom. The Kier molecular flexibility index (Phi) is 5.73. The van der Waals surface area contributed by atoms with Crippen LogP contribution in [0, 0.1) is 6.92 Å². The van der Waals surface area contributed by atoms with E-state index in [0.29, 0.717) is 27.6 Å². The minimum absolute atomic E-state index is 0.130. The maximum atomic E-state index is 13.4. The lowest BCUT2D eigenvalue weighted by atomic mass is 10.0. The van der Waals surface area contributed by atoms with E-state index in [9.17, 15) is 9.59 Å². The minimum atomic E-state index is -0.404. The van der Waals surface area contributed by atoms with Gasteiger partial charge in [0.25, 0.3) is 11.8 Å². The summed E-state index contributed by atoms with van der Waals surface area (Å²) in [6.07, 6.45) is 3.28. The van der Waals surface area contributed by atoms with Crippen LogP contribution in [0.2, 0.25) is 5.02 Å². The summed E-state index contributed by atoms with van der Waals surface area (Å²) in [6.45, 7) is 1.98. The molecule has 0 saturated carbocycles. The summed E-state index contributed by atoms with van der Waals surface area (Å²) in [4.78, 5) is 32.0. The van der Waals surface area contributed by atoms with E-state index >= 15 is 0 Å². The van der Waals surface area contributed by atoms with E-state index in [1.54, 1.807) is 62.0 Å². The molecule has 0 bridgehead atoms. The molecular weight excluding hydrogens is 414 g/mol. The molecule has 0 spiro atoms. The molecule has 1 aliphatic rings. The third-order valence-corrected chi connectivity index (χ3v) is 5.55. The van der Waals surface area contributed by atoms with Crippen LogP contribution in [0.25, 0.3) is 5.57 Å². The third kappa shape index (κ3) is 4.02. The number of rotatable bonds is 6. The first-order valence-electron chi connectivity index (χ1n) is 9.65. The van der Waals surface area contributed by atoms with Crippen molar-refractivity contribution in [3.63, 3.8) is 0 Å². The zero-order chi connectivity index (χ0) is 22.0. The van der Waals surface area contributed by atoms with Crippen LogP contribution in [-0.4, -0.2) is 28.8 Å². The normalized spacial score (nSPS) is 13.7. The fourth-order valence-electron chi connectivity index (χ4n) is 3.41. The Bertz CT molecular complexity index is 1170. The molecule has 2 amide bonds. The van der Waals surface area contributed by atoms with E-state index in [2.05, 4.69) is 10.3 Å². The second-order valence-electron chi connectivity index (χ2n) is 7.07. The van der Waals surface area contributed by atoms with Gasteiger partial charge in [0.1, 0.15) is 11.4 Å². The fourth-order valence-corrected chi connectivity index (χ4v) is 3.59. The van der Waals surface area contributed by atoms with Gasteiger partial charge in [0.15, 0.2) is 0 Å². The Hall–Kier alpha value is -3.64. The quantitative estimate of drug-likeness (QED) is 0.582. The summed E-state index contributed by atoms with van der Waals surface area (Å²) in [7, 11) is 1.57. The van der Waals surface area contributed by atoms with Gasteiger partial charge in [0.05, 0.1) is 19.2 Å². The maximum absolute atomic E-state index is 13.4. The first-order valence-corrected chi connectivity index (χ1v) is 10.0. The summed E-state index contributed by atoms with van der Waals surface area (Å²) < 4.78 is 5.22. The molecule has 0 radical (unpaired) electrons. The average Bonchev–Trinajstić information content (AvgIpc) is 3.02. The van der Waals surface area contributed by atoms with Crippen LogP contribution in [0.3, 0.4) is 0 Å². The Labute approximate surface area is 185 Å². The van der Waals surface area contributed by atoms with Crippen LogP contribution in [0.15, 0.2) is 72.7 Å². The number of carbonyl (C=O) groups excluding carboxylic acids is 2. The van der Waals surface area contributed by atoms with Gasteiger partial charge in [0, 0.05) is 23.1 Å². The lowest BCUT2D eigenvalue weighted by Crippen LogP contribution is -2.32. The number of nitrogens with one attached hydrogen (secondary N) is 1. The van der Waals surface area contributed by atoms with Crippen LogP contribution in [0.5, 0.6) is 5.75 Å². The van der Waals surface area contributed by atoms with E-state index in [1.807, 2.05) is 19.1 Å². The number of benzene rings is 2. The molecule has 7 heteroatoms. The van der Waals surface area contributed by atoms with E-state index in [4.69, 9.17) is 16.3 Å². The van der Waals surface area contributed by atoms with Crippen molar-refractivity contribution in [2.45, 2.75) is 13.5 Å². The summed E-state index contributed by atoms with van der Waals surface area (Å²) in [5.74, 6) is -0.117. The molecule has 1 N–H and O–H groups in total. The zero-order valence-corrected chi connectivity index (χ0v) is 17.8. The first kappa shape index (κ1) is 20.6. The number of imide groups is 1. The molecule has 0 saturated heterocycles. The van der Waals surface area contributed by atoms with Crippen LogP contribution >= 0.6 is 11.6 Å². The lowest BCUT2D eigenvalue weighted by molar-refractivity contribution is -0.137. The SMILES string of the molecule is COc1ccc(C2=C(Nc3cccc(Cl)c3C)C(=O)N(Cc3cccnc3)C2=O)cc1. The molecule has 156 valence electrons. The van der Waals surface area contributed by atoms with Gasteiger partial charge in [-0.1, -0.05) is 35.9 Å². The summed E-state index contributed by atoms with van der Waals surface area (Å²) in [5.41, 5.74) is 3.35. The molecule has 1 aliphatic heterocycles. The fraction of sp³-hybridized carbons (Fsp3) is 0.125. The number of carbonyl (C=O) groups is 2. The largest absolute Gasteiger partial charge is 0.497 e. The second-order valence-corrected chi connectivity index (χ2v) is 7.48. The van der Waals surface area contributed by atoms with E-state index in [-0.39, 0.29) is 18.1 Å². The number of methoxy groups -OCH3 is 1. The van der Waals surface area contributed by atoms with Gasteiger partial charge in [-0.15, -0.1) is 0 Å². The molecule has 2 aromatic carbocycles. The molecule has 0 atom stereocenters. The summed E-state index contributed by atoms with van der Waals surface area (Å²) in [6, 6.07) is 16.0. The topological polar surface area (TPSA) is 71.5 Å². The van der Waals surface area contributed by atoms with Gasteiger partial charge in [0.2, 0.25) is 0 Å². The monoisotopic (exact) mass is 433 g/mol. The van der Waals surface area contributed by atoms with Crippen molar-refractivity contribution in [2.75, 3.05) is 12.4 Å². The number of aromatic nitrogens is 1. The van der Waals surface area contributed by atoms with Gasteiger partial charge in [-0.2, -0.15) is 0 Å². The maximum Gasteiger partial charge on any atom is 0.278 e. The second kappa shape index (κ2) is 8.62. The Morgan fingerprint density at radius 3 is 2.48 bits per heavy atom. The van der Waals surface area contributed by atoms with Crippen molar-refractivity contribution in [1.29, 1.82) is 0 Å². The smallest absolute Gasteiger partial charge is 0.278 e. The number of nitrogens with zero attached hydrogens (tertiary/aromatic N) is 2. The van der Waals surface area contributed by atoms with Crippen LogP contribution in [0.4, 0.5) is 5.69 Å². The number of anilines is 1. The predicted octanol–water partition coefficient (Wildman–Crippen LogP) is 4.44. The predicted molar refractivity (Wildman–Crippen MR) is 120 cm³/mol. The third-order valence-electron chi connectivity index (χ3n) is 5.14. The number of halogens is 1. The molecular formula is C24H20ClN3O3. The van der Waals surface area contributed by atoms with Gasteiger partial charge in [-0.05, 0) is 53.9 Å². The minimum Gasteiger partial charge on any atom is -0.497 e. The molecule has 1 aromatic heterocycles. The van der Waals surface area contributed by atoms with Crippen LogP contribution in [0.1, 0.15) is 16.7 Å². The molecule has 6 nitrogen and oxygen atoms in total. The van der Waals surface area contributed by atoms with Gasteiger partial charge in [-0.3, -0.25) is 19.5 Å². The number of amides is 2. The molecule has 31 heavy (non-hydrogen) atoms. The van der Waals surface area contributed by atoms with Gasteiger partial charge in [-0.25, -0.2) is 0 Å². The average molecular weight is 434 g/mol. The van der Waals surface area contributed by atoms with Gasteiger partial charge >= 0.3 is 0 Å². The highest BCUT2D eigenvalue weighted by Crippen LogP contribution is 2.33. The highest BCUT2D eigenvalue weighted by molar-refractivity contribution is 6.36. The van der Waals surface area contributed by atoms with Crippen molar-refractivity contribution in [2.24, 2.45) is 0 Å². The summed E-state index contributed by atoms with van der Waals surface area (Å²) >= 11 is 6.25. The van der Waals surface area contributed by atoms with Crippen molar-refractivity contribution in [3.05, 3.63) is 94.4 Å². The Balaban J connectivity index is 1.77. The molecule has 3 aromatic rings. The molecule has 4 rings (SSSR count). The number of pyridine rings is 1.